The number of hydrogen-bond donors (Lipinski definition) is 1. The standard InChI is InChI=1S/C17H34N2O4S/c1-5-7-11-19(12-8-6-2,13-9-15(3)17(18)20)16(4)10-14-24(21,22)23/h9,16H,5-8,10-14H2,1-4H3,(H2-,18,20,21,22,23). The van der Waals surface area contributed by atoms with Gasteiger partial charge in [0.25, 0.3) is 0 Å². The molecule has 0 bridgehead atoms. The second kappa shape index (κ2) is 10.8. The molecule has 1 atom stereocenters. The van der Waals surface area contributed by atoms with Crippen LogP contribution in [0.25, 0.3) is 0 Å². The second-order valence-corrected chi connectivity index (χ2v) is 8.23. The van der Waals surface area contributed by atoms with Gasteiger partial charge in [-0.15, -0.1) is 0 Å². The van der Waals surface area contributed by atoms with Crippen molar-refractivity contribution >= 4 is 16.0 Å². The first-order valence-corrected chi connectivity index (χ1v) is 10.4. The zero-order valence-electron chi connectivity index (χ0n) is 15.6. The lowest BCUT2D eigenvalue weighted by molar-refractivity contribution is -0.945. The Morgan fingerprint density at radius 2 is 1.71 bits per heavy atom. The number of hydrogen-bond acceptors (Lipinski definition) is 4. The number of rotatable bonds is 13. The smallest absolute Gasteiger partial charge is 0.244 e. The van der Waals surface area contributed by atoms with Crippen molar-refractivity contribution in [2.24, 2.45) is 5.73 Å². The van der Waals surface area contributed by atoms with Crippen molar-refractivity contribution in [1.29, 1.82) is 0 Å². The molecule has 0 saturated heterocycles. The normalized spacial score (nSPS) is 14.6. The second-order valence-electron chi connectivity index (χ2n) is 6.71. The average molecular weight is 363 g/mol. The number of nitrogens with zero attached hydrogens (tertiary/aromatic N) is 1. The Kier molecular flexibility index (Phi) is 10.4. The summed E-state index contributed by atoms with van der Waals surface area (Å²) in [6.45, 7) is 10.4. The van der Waals surface area contributed by atoms with Crippen LogP contribution in [-0.4, -0.2) is 54.8 Å². The van der Waals surface area contributed by atoms with Gasteiger partial charge in [-0.3, -0.25) is 4.79 Å². The molecule has 0 aliphatic carbocycles. The lowest BCUT2D eigenvalue weighted by Gasteiger charge is -2.44. The van der Waals surface area contributed by atoms with E-state index in [0.29, 0.717) is 23.0 Å². The van der Waals surface area contributed by atoms with E-state index in [4.69, 9.17) is 5.73 Å². The summed E-state index contributed by atoms with van der Waals surface area (Å²) in [5, 5.41) is 0. The number of nitrogens with two attached hydrogens (primary N) is 1. The molecule has 142 valence electrons. The molecule has 6 nitrogen and oxygen atoms in total. The molecule has 0 aliphatic heterocycles. The van der Waals surface area contributed by atoms with Gasteiger partial charge in [0.05, 0.1) is 35.8 Å². The van der Waals surface area contributed by atoms with Crippen molar-refractivity contribution in [3.8, 4) is 0 Å². The van der Waals surface area contributed by atoms with E-state index in [9.17, 15) is 17.8 Å². The predicted octanol–water partition coefficient (Wildman–Crippen LogP) is 2.16. The number of carbonyl (C=O) groups excluding carboxylic acids is 1. The number of carbonyl (C=O) groups is 1. The molecule has 0 fully saturated rings. The molecule has 0 heterocycles. The number of primary amides is 1. The Bertz CT molecular complexity index is 507. The van der Waals surface area contributed by atoms with Gasteiger partial charge in [0, 0.05) is 17.7 Å². The van der Waals surface area contributed by atoms with Gasteiger partial charge in [-0.1, -0.05) is 26.7 Å². The summed E-state index contributed by atoms with van der Waals surface area (Å²) >= 11 is 0. The summed E-state index contributed by atoms with van der Waals surface area (Å²) in [5.41, 5.74) is 5.85. The number of quaternary nitrogens is 1. The maximum atomic E-state index is 11.3. The fourth-order valence-electron chi connectivity index (χ4n) is 2.87. The lowest BCUT2D eigenvalue weighted by atomic mass is 10.1. The van der Waals surface area contributed by atoms with Crippen molar-refractivity contribution in [3.05, 3.63) is 11.6 Å². The van der Waals surface area contributed by atoms with Gasteiger partial charge in [-0.05, 0) is 32.8 Å². The van der Waals surface area contributed by atoms with Gasteiger partial charge >= 0.3 is 0 Å². The molecule has 0 radical (unpaired) electrons. The van der Waals surface area contributed by atoms with Crippen molar-refractivity contribution in [2.45, 2.75) is 65.8 Å². The lowest BCUT2D eigenvalue weighted by Crippen LogP contribution is -2.56. The van der Waals surface area contributed by atoms with E-state index in [2.05, 4.69) is 13.8 Å². The third-order valence-electron chi connectivity index (χ3n) is 4.78. The Balaban J connectivity index is 5.44. The third kappa shape index (κ3) is 8.80. The van der Waals surface area contributed by atoms with Crippen molar-refractivity contribution in [3.63, 3.8) is 0 Å². The predicted molar refractivity (Wildman–Crippen MR) is 96.3 cm³/mol. The van der Waals surface area contributed by atoms with Crippen LogP contribution in [0.4, 0.5) is 0 Å². The molecule has 0 aromatic rings. The molecule has 0 saturated carbocycles. The molecule has 7 heteroatoms. The summed E-state index contributed by atoms with van der Waals surface area (Å²) in [6.07, 6.45) is 6.30. The van der Waals surface area contributed by atoms with Crippen LogP contribution < -0.4 is 5.73 Å². The van der Waals surface area contributed by atoms with Gasteiger partial charge in [0.2, 0.25) is 5.91 Å². The minimum atomic E-state index is -4.21. The van der Waals surface area contributed by atoms with E-state index in [1.165, 1.54) is 0 Å². The van der Waals surface area contributed by atoms with Crippen LogP contribution in [0.15, 0.2) is 11.6 Å². The van der Waals surface area contributed by atoms with Crippen molar-refractivity contribution in [2.75, 3.05) is 25.4 Å². The van der Waals surface area contributed by atoms with Gasteiger partial charge in [-0.2, -0.15) is 0 Å². The Labute approximate surface area is 147 Å². The Morgan fingerprint density at radius 1 is 1.21 bits per heavy atom. The van der Waals surface area contributed by atoms with E-state index in [-0.39, 0.29) is 11.8 Å². The highest BCUT2D eigenvalue weighted by Crippen LogP contribution is 2.22. The molecule has 0 aromatic heterocycles. The molecule has 24 heavy (non-hydrogen) atoms. The Hall–Kier alpha value is -0.920. The van der Waals surface area contributed by atoms with E-state index < -0.39 is 16.0 Å². The first-order chi connectivity index (χ1) is 11.1. The SMILES string of the molecule is CCCC[N+](CC=C(C)C(N)=O)(CCCC)C(C)CCS(=O)(=O)[O-]. The summed E-state index contributed by atoms with van der Waals surface area (Å²) < 4.78 is 33.7. The third-order valence-corrected chi connectivity index (χ3v) is 5.52. The van der Waals surface area contributed by atoms with Crippen molar-refractivity contribution in [1.82, 2.24) is 0 Å². The van der Waals surface area contributed by atoms with E-state index in [1.807, 2.05) is 13.0 Å². The van der Waals surface area contributed by atoms with E-state index in [1.54, 1.807) is 6.92 Å². The molecule has 0 rings (SSSR count). The van der Waals surface area contributed by atoms with Gasteiger partial charge in [0.15, 0.2) is 0 Å². The van der Waals surface area contributed by atoms with Crippen LogP contribution >= 0.6 is 0 Å². The fraction of sp³-hybridized carbons (Fsp3) is 0.824. The zero-order chi connectivity index (χ0) is 18.8. The zero-order valence-corrected chi connectivity index (χ0v) is 16.4. The van der Waals surface area contributed by atoms with Gasteiger partial charge in [-0.25, -0.2) is 8.42 Å². The molecule has 0 spiro atoms. The highest BCUT2D eigenvalue weighted by Gasteiger charge is 2.32. The van der Waals surface area contributed by atoms with Gasteiger partial charge in [0.1, 0.15) is 0 Å². The van der Waals surface area contributed by atoms with Crippen LogP contribution in [0.5, 0.6) is 0 Å². The molecular formula is C17H34N2O4S. The minimum absolute atomic E-state index is 0.0313. The quantitative estimate of drug-likeness (QED) is 0.308. The topological polar surface area (TPSA) is 100 Å². The summed E-state index contributed by atoms with van der Waals surface area (Å²) in [5.74, 6) is -0.779. The van der Waals surface area contributed by atoms with Crippen LogP contribution in [-0.2, 0) is 14.9 Å². The summed E-state index contributed by atoms with van der Waals surface area (Å²) in [4.78, 5) is 11.3. The van der Waals surface area contributed by atoms with E-state index in [0.717, 1.165) is 38.8 Å². The Morgan fingerprint density at radius 3 is 2.08 bits per heavy atom. The maximum Gasteiger partial charge on any atom is 0.244 e. The summed E-state index contributed by atoms with van der Waals surface area (Å²) in [6, 6.07) is 0.0313. The number of amides is 1. The van der Waals surface area contributed by atoms with Crippen LogP contribution in [0.3, 0.4) is 0 Å². The summed E-state index contributed by atoms with van der Waals surface area (Å²) in [7, 11) is -4.21. The molecule has 1 amide bonds. The molecule has 2 N–H and O–H groups in total. The molecular weight excluding hydrogens is 328 g/mol. The first kappa shape index (κ1) is 23.1. The van der Waals surface area contributed by atoms with Crippen LogP contribution in [0.1, 0.15) is 59.8 Å². The monoisotopic (exact) mass is 362 g/mol. The van der Waals surface area contributed by atoms with Gasteiger partial charge < -0.3 is 14.8 Å². The average Bonchev–Trinajstić information content (AvgIpc) is 2.51. The highest BCUT2D eigenvalue weighted by molar-refractivity contribution is 7.85. The minimum Gasteiger partial charge on any atom is -0.748 e. The fourth-order valence-corrected chi connectivity index (χ4v) is 3.50. The molecule has 1 unspecified atom stereocenters. The van der Waals surface area contributed by atoms with Crippen molar-refractivity contribution < 1.29 is 22.2 Å². The van der Waals surface area contributed by atoms with Crippen LogP contribution in [0, 0.1) is 0 Å². The maximum absolute atomic E-state index is 11.3. The van der Waals surface area contributed by atoms with E-state index >= 15 is 0 Å². The highest BCUT2D eigenvalue weighted by atomic mass is 32.2. The first-order valence-electron chi connectivity index (χ1n) is 8.84. The largest absolute Gasteiger partial charge is 0.748 e. The number of unbranched alkanes of at least 4 members (excludes halogenated alkanes) is 2. The molecule has 0 aliphatic rings. The molecule has 0 aromatic carbocycles. The van der Waals surface area contributed by atoms with Crippen LogP contribution in [0.2, 0.25) is 0 Å².